The zero-order chi connectivity index (χ0) is 8.69. The summed E-state index contributed by atoms with van der Waals surface area (Å²) in [6.07, 6.45) is 3.51. The van der Waals surface area contributed by atoms with E-state index in [4.69, 9.17) is 4.74 Å². The van der Waals surface area contributed by atoms with Gasteiger partial charge in [-0.3, -0.25) is 4.79 Å². The van der Waals surface area contributed by atoms with Gasteiger partial charge in [0, 0.05) is 6.42 Å². The number of carbonyl (C=O) groups is 1. The average molecular weight is 156 g/mol. The van der Waals surface area contributed by atoms with Crippen molar-refractivity contribution in [2.24, 2.45) is 0 Å². The highest BCUT2D eigenvalue weighted by atomic mass is 16.5. The second kappa shape index (κ2) is 5.96. The van der Waals surface area contributed by atoms with Gasteiger partial charge in [-0.05, 0) is 18.9 Å². The molecule has 2 heteroatoms. The molecule has 0 heterocycles. The molecule has 0 aromatic heterocycles. The van der Waals surface area contributed by atoms with Crippen LogP contribution in [-0.4, -0.2) is 12.6 Å². The second-order valence-corrected chi connectivity index (χ2v) is 2.47. The van der Waals surface area contributed by atoms with Crippen LogP contribution in [0, 0.1) is 0 Å². The molecule has 0 rings (SSSR count). The number of carbonyl (C=O) groups excluding carboxylic acids is 1. The Hall–Kier alpha value is -0.790. The average Bonchev–Trinajstić information content (AvgIpc) is 2.01. The maximum atomic E-state index is 10.7. The van der Waals surface area contributed by atoms with E-state index in [1.54, 1.807) is 6.92 Å². The Morgan fingerprint density at radius 1 is 1.45 bits per heavy atom. The molecule has 11 heavy (non-hydrogen) atoms. The van der Waals surface area contributed by atoms with Gasteiger partial charge in [0.15, 0.2) is 0 Å². The number of hydrogen-bond acceptors (Lipinski definition) is 2. The van der Waals surface area contributed by atoms with Crippen molar-refractivity contribution in [1.29, 1.82) is 0 Å². The van der Waals surface area contributed by atoms with Crippen LogP contribution < -0.4 is 0 Å². The lowest BCUT2D eigenvalue weighted by atomic mass is 10.3. The predicted molar refractivity (Wildman–Crippen MR) is 45.3 cm³/mol. The molecule has 64 valence electrons. The lowest BCUT2D eigenvalue weighted by molar-refractivity contribution is -0.142. The minimum Gasteiger partial charge on any atom is -0.461 e. The normalized spacial score (nSPS) is 11.4. The molecule has 0 aliphatic rings. The summed E-state index contributed by atoms with van der Waals surface area (Å²) in [5.74, 6) is -0.131. The van der Waals surface area contributed by atoms with Gasteiger partial charge in [0.1, 0.15) is 6.61 Å². The zero-order valence-corrected chi connectivity index (χ0v) is 7.52. The highest BCUT2D eigenvalue weighted by Crippen LogP contribution is 1.96. The molecular formula is C9H16O2. The third-order valence-electron chi connectivity index (χ3n) is 1.30. The molecule has 0 spiro atoms. The van der Waals surface area contributed by atoms with Gasteiger partial charge in [-0.2, -0.15) is 0 Å². The first-order valence-electron chi connectivity index (χ1n) is 4.02. The highest BCUT2D eigenvalue weighted by molar-refractivity contribution is 5.69. The third-order valence-corrected chi connectivity index (χ3v) is 1.30. The molecule has 0 unspecified atom stereocenters. The Morgan fingerprint density at radius 2 is 2.09 bits per heavy atom. The van der Waals surface area contributed by atoms with Gasteiger partial charge in [-0.15, -0.1) is 0 Å². The molecule has 2 nitrogen and oxygen atoms in total. The molecule has 0 aliphatic heterocycles. The molecular weight excluding hydrogens is 140 g/mol. The van der Waals surface area contributed by atoms with E-state index in [1.807, 2.05) is 6.92 Å². The molecule has 0 aliphatic carbocycles. The lowest BCUT2D eigenvalue weighted by Gasteiger charge is -2.02. The van der Waals surface area contributed by atoms with Gasteiger partial charge in [0.2, 0.25) is 0 Å². The Labute approximate surface area is 68.2 Å². The summed E-state index contributed by atoms with van der Waals surface area (Å²) in [6.45, 7) is 6.26. The van der Waals surface area contributed by atoms with Crippen molar-refractivity contribution < 1.29 is 9.53 Å². The van der Waals surface area contributed by atoms with E-state index in [1.165, 1.54) is 0 Å². The fourth-order valence-electron chi connectivity index (χ4n) is 0.704. The highest BCUT2D eigenvalue weighted by Gasteiger charge is 1.96. The first-order valence-corrected chi connectivity index (χ1v) is 4.02. The van der Waals surface area contributed by atoms with Crippen LogP contribution in [0.15, 0.2) is 11.6 Å². The largest absolute Gasteiger partial charge is 0.461 e. The van der Waals surface area contributed by atoms with E-state index in [0.29, 0.717) is 13.0 Å². The molecule has 0 radical (unpaired) electrons. The van der Waals surface area contributed by atoms with E-state index in [-0.39, 0.29) is 5.97 Å². The van der Waals surface area contributed by atoms with Gasteiger partial charge >= 0.3 is 5.97 Å². The summed E-state index contributed by atoms with van der Waals surface area (Å²) in [6, 6.07) is 0. The number of esters is 1. The van der Waals surface area contributed by atoms with Gasteiger partial charge in [0.25, 0.3) is 0 Å². The molecule has 0 atom stereocenters. The Kier molecular flexibility index (Phi) is 5.53. The third kappa shape index (κ3) is 5.64. The second-order valence-electron chi connectivity index (χ2n) is 2.47. The van der Waals surface area contributed by atoms with Crippen molar-refractivity contribution in [2.75, 3.05) is 6.61 Å². The fourth-order valence-corrected chi connectivity index (χ4v) is 0.704. The van der Waals surface area contributed by atoms with Gasteiger partial charge in [-0.25, -0.2) is 0 Å². The molecule has 0 aromatic rings. The summed E-state index contributed by atoms with van der Waals surface area (Å²) in [5.41, 5.74) is 1.12. The van der Waals surface area contributed by atoms with E-state index < -0.39 is 0 Å². The standard InChI is InChI=1S/C9H16O2/c1-4-6-8(3)7-11-9(10)5-2/h6H,4-5,7H2,1-3H3. The van der Waals surface area contributed by atoms with Crippen LogP contribution in [0.3, 0.4) is 0 Å². The van der Waals surface area contributed by atoms with Crippen molar-refractivity contribution >= 4 is 5.97 Å². The summed E-state index contributed by atoms with van der Waals surface area (Å²) in [7, 11) is 0. The Bertz CT molecular complexity index is 148. The van der Waals surface area contributed by atoms with Crippen molar-refractivity contribution in [3.8, 4) is 0 Å². The van der Waals surface area contributed by atoms with Crippen LogP contribution in [0.25, 0.3) is 0 Å². The Balaban J connectivity index is 3.53. The van der Waals surface area contributed by atoms with Crippen molar-refractivity contribution in [1.82, 2.24) is 0 Å². The van der Waals surface area contributed by atoms with E-state index in [2.05, 4.69) is 13.0 Å². The van der Waals surface area contributed by atoms with Crippen molar-refractivity contribution in [2.45, 2.75) is 33.6 Å². The molecule has 0 amide bonds. The number of hydrogen-bond donors (Lipinski definition) is 0. The summed E-state index contributed by atoms with van der Waals surface area (Å²) in [4.78, 5) is 10.7. The number of allylic oxidation sites excluding steroid dienone is 1. The van der Waals surface area contributed by atoms with Gasteiger partial charge in [-0.1, -0.05) is 19.9 Å². The first kappa shape index (κ1) is 10.2. The summed E-state index contributed by atoms with van der Waals surface area (Å²) >= 11 is 0. The molecule has 0 aromatic carbocycles. The molecule has 0 saturated carbocycles. The summed E-state index contributed by atoms with van der Waals surface area (Å²) < 4.78 is 4.90. The zero-order valence-electron chi connectivity index (χ0n) is 7.52. The summed E-state index contributed by atoms with van der Waals surface area (Å²) in [5, 5.41) is 0. The fraction of sp³-hybridized carbons (Fsp3) is 0.667. The smallest absolute Gasteiger partial charge is 0.305 e. The SMILES string of the molecule is CCC=C(C)COC(=O)CC. The minimum atomic E-state index is -0.131. The Morgan fingerprint density at radius 3 is 2.55 bits per heavy atom. The van der Waals surface area contributed by atoms with Crippen LogP contribution in [0.1, 0.15) is 33.6 Å². The minimum absolute atomic E-state index is 0.131. The van der Waals surface area contributed by atoms with Crippen LogP contribution in [-0.2, 0) is 9.53 Å². The van der Waals surface area contributed by atoms with Crippen LogP contribution in [0.5, 0.6) is 0 Å². The molecule has 0 saturated heterocycles. The van der Waals surface area contributed by atoms with Gasteiger partial charge in [0.05, 0.1) is 0 Å². The van der Waals surface area contributed by atoms with E-state index in [9.17, 15) is 4.79 Å². The van der Waals surface area contributed by atoms with E-state index in [0.717, 1.165) is 12.0 Å². The topological polar surface area (TPSA) is 26.3 Å². The van der Waals surface area contributed by atoms with Crippen LogP contribution >= 0.6 is 0 Å². The van der Waals surface area contributed by atoms with Crippen LogP contribution in [0.4, 0.5) is 0 Å². The number of ether oxygens (including phenoxy) is 1. The van der Waals surface area contributed by atoms with Crippen molar-refractivity contribution in [3.63, 3.8) is 0 Å². The lowest BCUT2D eigenvalue weighted by Crippen LogP contribution is -2.04. The van der Waals surface area contributed by atoms with Gasteiger partial charge < -0.3 is 4.74 Å². The number of rotatable bonds is 4. The molecule has 0 N–H and O–H groups in total. The maximum absolute atomic E-state index is 10.7. The monoisotopic (exact) mass is 156 g/mol. The first-order chi connectivity index (χ1) is 5.20. The van der Waals surface area contributed by atoms with Crippen molar-refractivity contribution in [3.05, 3.63) is 11.6 Å². The van der Waals surface area contributed by atoms with E-state index >= 15 is 0 Å². The quantitative estimate of drug-likeness (QED) is 0.461. The predicted octanol–water partition coefficient (Wildman–Crippen LogP) is 2.30. The molecule has 0 fully saturated rings. The maximum Gasteiger partial charge on any atom is 0.305 e. The van der Waals surface area contributed by atoms with Crippen LogP contribution in [0.2, 0.25) is 0 Å². The molecule has 0 bridgehead atoms.